The molecule has 0 saturated carbocycles. The number of rotatable bonds is 1. The Bertz CT molecular complexity index is 175. The van der Waals surface area contributed by atoms with Gasteiger partial charge in [-0.05, 0) is 17.8 Å². The van der Waals surface area contributed by atoms with Crippen molar-refractivity contribution in [3.8, 4) is 0 Å². The smallest absolute Gasteiger partial charge is 0.306 e. The third-order valence-electron chi connectivity index (χ3n) is 2.83. The molecule has 0 aliphatic carbocycles. The lowest BCUT2D eigenvalue weighted by atomic mass is 9.81. The maximum atomic E-state index is 11.1. The second-order valence-electron chi connectivity index (χ2n) is 4.24. The Balaban J connectivity index is 2.66. The fourth-order valence-corrected chi connectivity index (χ4v) is 1.82. The molecule has 0 N–H and O–H groups in total. The highest BCUT2D eigenvalue weighted by Crippen LogP contribution is 2.30. The van der Waals surface area contributed by atoms with E-state index in [1.54, 1.807) is 0 Å². The Labute approximate surface area is 74.3 Å². The highest BCUT2D eigenvalue weighted by Gasteiger charge is 2.34. The van der Waals surface area contributed by atoms with E-state index in [4.69, 9.17) is 4.74 Å². The number of hydrogen-bond acceptors (Lipinski definition) is 2. The van der Waals surface area contributed by atoms with Gasteiger partial charge in [0.1, 0.15) is 6.10 Å². The molecule has 1 heterocycles. The van der Waals surface area contributed by atoms with Crippen molar-refractivity contribution in [3.05, 3.63) is 0 Å². The van der Waals surface area contributed by atoms with Gasteiger partial charge in [0.15, 0.2) is 0 Å². The molecule has 0 radical (unpaired) electrons. The van der Waals surface area contributed by atoms with Gasteiger partial charge < -0.3 is 4.74 Å². The summed E-state index contributed by atoms with van der Waals surface area (Å²) in [5, 5.41) is 0. The maximum Gasteiger partial charge on any atom is 0.306 e. The van der Waals surface area contributed by atoms with Gasteiger partial charge in [-0.2, -0.15) is 0 Å². The van der Waals surface area contributed by atoms with Crippen LogP contribution in [0.5, 0.6) is 0 Å². The average molecular weight is 170 g/mol. The van der Waals surface area contributed by atoms with Crippen LogP contribution in [0.3, 0.4) is 0 Å². The van der Waals surface area contributed by atoms with E-state index in [0.29, 0.717) is 24.2 Å². The van der Waals surface area contributed by atoms with Crippen molar-refractivity contribution < 1.29 is 9.53 Å². The largest absolute Gasteiger partial charge is 0.462 e. The lowest BCUT2D eigenvalue weighted by molar-refractivity contribution is -0.165. The summed E-state index contributed by atoms with van der Waals surface area (Å²) in [6, 6.07) is 0. The van der Waals surface area contributed by atoms with Crippen LogP contribution in [0.15, 0.2) is 0 Å². The van der Waals surface area contributed by atoms with Gasteiger partial charge in [-0.3, -0.25) is 4.79 Å². The molecule has 2 nitrogen and oxygen atoms in total. The first-order chi connectivity index (χ1) is 5.52. The van der Waals surface area contributed by atoms with E-state index < -0.39 is 0 Å². The van der Waals surface area contributed by atoms with E-state index in [1.165, 1.54) is 0 Å². The van der Waals surface area contributed by atoms with Gasteiger partial charge >= 0.3 is 5.97 Å². The average Bonchev–Trinajstić information content (AvgIpc) is 1.96. The summed E-state index contributed by atoms with van der Waals surface area (Å²) < 4.78 is 5.29. The van der Waals surface area contributed by atoms with Crippen LogP contribution >= 0.6 is 0 Å². The molecule has 0 amide bonds. The molecule has 0 aromatic heterocycles. The summed E-state index contributed by atoms with van der Waals surface area (Å²) in [6.45, 7) is 8.50. The van der Waals surface area contributed by atoms with Crippen molar-refractivity contribution in [1.82, 2.24) is 0 Å². The van der Waals surface area contributed by atoms with E-state index >= 15 is 0 Å². The third kappa shape index (κ3) is 1.79. The first-order valence-electron chi connectivity index (χ1n) is 4.72. The van der Waals surface area contributed by atoms with Crippen LogP contribution in [0.25, 0.3) is 0 Å². The zero-order valence-electron chi connectivity index (χ0n) is 8.33. The molecular weight excluding hydrogens is 152 g/mol. The van der Waals surface area contributed by atoms with E-state index in [0.717, 1.165) is 0 Å². The van der Waals surface area contributed by atoms with Gasteiger partial charge in [0.2, 0.25) is 0 Å². The minimum absolute atomic E-state index is 0.0284. The number of hydrogen-bond donors (Lipinski definition) is 0. The third-order valence-corrected chi connectivity index (χ3v) is 2.83. The molecule has 3 atom stereocenters. The van der Waals surface area contributed by atoms with Gasteiger partial charge in [-0.1, -0.05) is 27.7 Å². The van der Waals surface area contributed by atoms with Crippen LogP contribution < -0.4 is 0 Å². The molecule has 0 bridgehead atoms. The van der Waals surface area contributed by atoms with Gasteiger partial charge in [-0.25, -0.2) is 0 Å². The van der Waals surface area contributed by atoms with Crippen LogP contribution in [-0.4, -0.2) is 12.1 Å². The van der Waals surface area contributed by atoms with Crippen LogP contribution in [0.1, 0.15) is 34.1 Å². The minimum atomic E-state index is -0.0284. The van der Waals surface area contributed by atoms with Gasteiger partial charge in [-0.15, -0.1) is 0 Å². The second kappa shape index (κ2) is 3.46. The Morgan fingerprint density at radius 1 is 1.42 bits per heavy atom. The number of carbonyl (C=O) groups excluding carboxylic acids is 1. The molecule has 1 fully saturated rings. The van der Waals surface area contributed by atoms with E-state index in [-0.39, 0.29) is 12.1 Å². The second-order valence-corrected chi connectivity index (χ2v) is 4.24. The van der Waals surface area contributed by atoms with Gasteiger partial charge in [0.05, 0.1) is 0 Å². The minimum Gasteiger partial charge on any atom is -0.462 e. The Hall–Kier alpha value is -0.530. The lowest BCUT2D eigenvalue weighted by Gasteiger charge is -2.35. The predicted molar refractivity (Wildman–Crippen MR) is 47.7 cm³/mol. The molecular formula is C10H18O2. The number of cyclic esters (lactones) is 1. The fourth-order valence-electron chi connectivity index (χ4n) is 1.82. The normalized spacial score (nSPS) is 36.8. The molecule has 2 heteroatoms. The first-order valence-corrected chi connectivity index (χ1v) is 4.72. The molecule has 0 aromatic rings. The summed E-state index contributed by atoms with van der Waals surface area (Å²) in [6.07, 6.45) is 0.714. The highest BCUT2D eigenvalue weighted by molar-refractivity contribution is 5.70. The van der Waals surface area contributed by atoms with Crippen LogP contribution in [0.2, 0.25) is 0 Å². The molecule has 70 valence electrons. The molecule has 1 aliphatic rings. The van der Waals surface area contributed by atoms with E-state index in [1.807, 2.05) is 0 Å². The standard InChI is InChI=1S/C10H18O2/c1-6(2)10-8(4)7(3)5-9(11)12-10/h6-8,10H,5H2,1-4H3/t7-,8+,10-/m0/s1. The molecule has 0 spiro atoms. The Morgan fingerprint density at radius 3 is 2.50 bits per heavy atom. The van der Waals surface area contributed by atoms with Crippen molar-refractivity contribution in [2.75, 3.05) is 0 Å². The summed E-state index contributed by atoms with van der Waals surface area (Å²) >= 11 is 0. The molecule has 12 heavy (non-hydrogen) atoms. The molecule has 1 rings (SSSR count). The summed E-state index contributed by atoms with van der Waals surface area (Å²) in [7, 11) is 0. The topological polar surface area (TPSA) is 26.3 Å². The van der Waals surface area contributed by atoms with Crippen LogP contribution in [0, 0.1) is 17.8 Å². The Kier molecular flexibility index (Phi) is 2.76. The van der Waals surface area contributed by atoms with Crippen LogP contribution in [0.4, 0.5) is 0 Å². The summed E-state index contributed by atoms with van der Waals surface area (Å²) in [4.78, 5) is 11.1. The molecule has 1 saturated heterocycles. The SMILES string of the molecule is CC(C)[C@@H]1OC(=O)C[C@H](C)[C@H]1C. The molecule has 0 aromatic carbocycles. The zero-order valence-corrected chi connectivity index (χ0v) is 8.33. The Morgan fingerprint density at radius 2 is 2.00 bits per heavy atom. The quantitative estimate of drug-likeness (QED) is 0.564. The van der Waals surface area contributed by atoms with Crippen molar-refractivity contribution in [2.24, 2.45) is 17.8 Å². The first kappa shape index (κ1) is 9.56. The monoisotopic (exact) mass is 170 g/mol. The van der Waals surface area contributed by atoms with Crippen molar-refractivity contribution in [1.29, 1.82) is 0 Å². The lowest BCUT2D eigenvalue weighted by Crippen LogP contribution is -2.39. The highest BCUT2D eigenvalue weighted by atomic mass is 16.5. The summed E-state index contributed by atoms with van der Waals surface area (Å²) in [5.41, 5.74) is 0. The maximum absolute atomic E-state index is 11.1. The summed E-state index contributed by atoms with van der Waals surface area (Å²) in [5.74, 6) is 1.38. The van der Waals surface area contributed by atoms with Crippen molar-refractivity contribution >= 4 is 5.97 Å². The molecule has 1 aliphatic heterocycles. The van der Waals surface area contributed by atoms with Crippen molar-refractivity contribution in [2.45, 2.75) is 40.2 Å². The van der Waals surface area contributed by atoms with Gasteiger partial charge in [0, 0.05) is 6.42 Å². The molecule has 0 unspecified atom stereocenters. The number of esters is 1. The fraction of sp³-hybridized carbons (Fsp3) is 0.900. The number of carbonyl (C=O) groups is 1. The number of ether oxygens (including phenoxy) is 1. The van der Waals surface area contributed by atoms with Crippen molar-refractivity contribution in [3.63, 3.8) is 0 Å². The van der Waals surface area contributed by atoms with Gasteiger partial charge in [0.25, 0.3) is 0 Å². The van der Waals surface area contributed by atoms with E-state index in [2.05, 4.69) is 27.7 Å². The zero-order chi connectivity index (χ0) is 9.30. The van der Waals surface area contributed by atoms with Crippen LogP contribution in [-0.2, 0) is 9.53 Å². The van der Waals surface area contributed by atoms with E-state index in [9.17, 15) is 4.79 Å². The predicted octanol–water partition coefficient (Wildman–Crippen LogP) is 2.23.